The van der Waals surface area contributed by atoms with Gasteiger partial charge in [0.15, 0.2) is 0 Å². The van der Waals surface area contributed by atoms with Crippen LogP contribution in [0.1, 0.15) is 11.1 Å². The molecule has 0 radical (unpaired) electrons. The topological polar surface area (TPSA) is 90.5 Å². The Morgan fingerprint density at radius 1 is 0.947 bits per heavy atom. The summed E-state index contributed by atoms with van der Waals surface area (Å²) in [7, 11) is 0. The Morgan fingerprint density at radius 3 is 2.11 bits per heavy atom. The van der Waals surface area contributed by atoms with Crippen molar-refractivity contribution in [1.29, 1.82) is 0 Å². The van der Waals surface area contributed by atoms with Crippen molar-refractivity contribution in [1.82, 2.24) is 0 Å². The van der Waals surface area contributed by atoms with E-state index in [1.807, 2.05) is 13.8 Å². The molecule has 0 bridgehead atoms. The first-order valence-electron chi connectivity index (χ1n) is 5.88. The molecule has 0 aliphatic carbocycles. The zero-order valence-electron chi connectivity index (χ0n) is 10.9. The molecular formula is C14H16N4O. The van der Waals surface area contributed by atoms with E-state index in [1.54, 1.807) is 36.4 Å². The van der Waals surface area contributed by atoms with Crippen molar-refractivity contribution in [3.8, 4) is 0 Å². The molecule has 2 aromatic rings. The van der Waals surface area contributed by atoms with Gasteiger partial charge in [-0.3, -0.25) is 0 Å². The molecule has 98 valence electrons. The van der Waals surface area contributed by atoms with Gasteiger partial charge in [-0.1, -0.05) is 0 Å². The molecule has 4 N–H and O–H groups in total. The van der Waals surface area contributed by atoms with Gasteiger partial charge in [0.2, 0.25) is 5.69 Å². The molecule has 5 heteroatoms. The van der Waals surface area contributed by atoms with Gasteiger partial charge >= 0.3 is 0 Å². The lowest BCUT2D eigenvalue weighted by atomic mass is 10.2. The lowest BCUT2D eigenvalue weighted by Gasteiger charge is -2.05. The summed E-state index contributed by atoms with van der Waals surface area (Å²) >= 11 is 0. The molecule has 19 heavy (non-hydrogen) atoms. The fourth-order valence-electron chi connectivity index (χ4n) is 1.84. The van der Waals surface area contributed by atoms with Crippen LogP contribution < -0.4 is 11.5 Å². The number of nitrogen functional groups attached to an aromatic ring is 2. The molecule has 0 amide bonds. The van der Waals surface area contributed by atoms with Crippen LogP contribution in [0.4, 0.5) is 22.7 Å². The third-order valence-electron chi connectivity index (χ3n) is 2.85. The van der Waals surface area contributed by atoms with E-state index in [9.17, 15) is 5.21 Å². The van der Waals surface area contributed by atoms with Gasteiger partial charge in [0.1, 0.15) is 5.69 Å². The summed E-state index contributed by atoms with van der Waals surface area (Å²) in [6.45, 7) is 3.68. The molecule has 2 rings (SSSR count). The molecule has 0 spiro atoms. The third-order valence-corrected chi connectivity index (χ3v) is 2.85. The number of anilines is 2. The maximum atomic E-state index is 12.1. The highest BCUT2D eigenvalue weighted by Crippen LogP contribution is 2.25. The lowest BCUT2D eigenvalue weighted by Crippen LogP contribution is -1.96. The average Bonchev–Trinajstić information content (AvgIpc) is 2.32. The first-order chi connectivity index (χ1) is 8.97. The second-order valence-electron chi connectivity index (χ2n) is 4.46. The van der Waals surface area contributed by atoms with Gasteiger partial charge in [0.25, 0.3) is 0 Å². The van der Waals surface area contributed by atoms with Gasteiger partial charge in [-0.2, -0.15) is 0 Å². The van der Waals surface area contributed by atoms with E-state index in [0.29, 0.717) is 27.6 Å². The summed E-state index contributed by atoms with van der Waals surface area (Å²) in [5.74, 6) is 0. The molecule has 0 saturated heterocycles. The SMILES string of the molecule is Cc1cc(N)ccc1N=[N+]([O-])c1ccc(N)cc1C. The zero-order chi connectivity index (χ0) is 14.0. The molecule has 0 saturated carbocycles. The summed E-state index contributed by atoms with van der Waals surface area (Å²) in [5, 5.41) is 16.1. The van der Waals surface area contributed by atoms with Crippen LogP contribution in [0, 0.1) is 19.1 Å². The normalized spacial score (nSPS) is 11.6. The smallest absolute Gasteiger partial charge is 0.247 e. The van der Waals surface area contributed by atoms with Crippen LogP contribution in [-0.4, -0.2) is 4.86 Å². The predicted molar refractivity (Wildman–Crippen MR) is 76.6 cm³/mol. The van der Waals surface area contributed by atoms with E-state index >= 15 is 0 Å². The van der Waals surface area contributed by atoms with Crippen LogP contribution in [-0.2, 0) is 0 Å². The molecule has 0 aliphatic heterocycles. The molecule has 0 atom stereocenters. The number of nitrogens with two attached hydrogens (primary N) is 2. The van der Waals surface area contributed by atoms with Gasteiger partial charge in [0, 0.05) is 28.1 Å². The second kappa shape index (κ2) is 4.97. The van der Waals surface area contributed by atoms with E-state index in [-0.39, 0.29) is 0 Å². The minimum Gasteiger partial charge on any atom is -0.594 e. The standard InChI is InChI=1S/C14H16N4O/c1-9-7-11(15)3-5-13(9)17-18(19)14-6-4-12(16)8-10(14)2/h3-8H,15-16H2,1-2H3. The van der Waals surface area contributed by atoms with Crippen LogP contribution in [0.2, 0.25) is 0 Å². The Labute approximate surface area is 111 Å². The number of aryl methyl sites for hydroxylation is 2. The second-order valence-corrected chi connectivity index (χ2v) is 4.46. The zero-order valence-corrected chi connectivity index (χ0v) is 10.9. The Bertz CT molecular complexity index is 650. The van der Waals surface area contributed by atoms with E-state index < -0.39 is 0 Å². The van der Waals surface area contributed by atoms with Crippen molar-refractivity contribution in [3.63, 3.8) is 0 Å². The molecule has 2 aromatic carbocycles. The minimum absolute atomic E-state index is 0.477. The highest BCUT2D eigenvalue weighted by Gasteiger charge is 2.09. The van der Waals surface area contributed by atoms with Crippen LogP contribution in [0.5, 0.6) is 0 Å². The molecule has 0 heterocycles. The first-order valence-corrected chi connectivity index (χ1v) is 5.88. The summed E-state index contributed by atoms with van der Waals surface area (Å²) in [6, 6.07) is 10.3. The van der Waals surface area contributed by atoms with Gasteiger partial charge in [-0.25, -0.2) is 0 Å². The Hall–Kier alpha value is -2.56. The van der Waals surface area contributed by atoms with Crippen molar-refractivity contribution in [2.24, 2.45) is 5.11 Å². The maximum absolute atomic E-state index is 12.1. The van der Waals surface area contributed by atoms with Crippen LogP contribution in [0.3, 0.4) is 0 Å². The number of azo groups is 1. The fraction of sp³-hybridized carbons (Fsp3) is 0.143. The average molecular weight is 256 g/mol. The predicted octanol–water partition coefficient (Wildman–Crippen LogP) is 3.39. The van der Waals surface area contributed by atoms with Gasteiger partial charge in [0.05, 0.1) is 0 Å². The Balaban J connectivity index is 2.42. The number of rotatable bonds is 2. The van der Waals surface area contributed by atoms with Gasteiger partial charge in [-0.05, 0) is 54.6 Å². The number of hydrogen-bond acceptors (Lipinski definition) is 4. The highest BCUT2D eigenvalue weighted by molar-refractivity contribution is 5.54. The van der Waals surface area contributed by atoms with Crippen LogP contribution in [0.15, 0.2) is 41.5 Å². The number of hydrogen-bond donors (Lipinski definition) is 2. The van der Waals surface area contributed by atoms with Crippen molar-refractivity contribution >= 4 is 22.7 Å². The van der Waals surface area contributed by atoms with Crippen LogP contribution >= 0.6 is 0 Å². The fourth-order valence-corrected chi connectivity index (χ4v) is 1.84. The van der Waals surface area contributed by atoms with E-state index in [1.165, 1.54) is 0 Å². The maximum Gasteiger partial charge on any atom is 0.247 e. The minimum atomic E-state index is 0.477. The summed E-state index contributed by atoms with van der Waals surface area (Å²) < 4.78 is 0. The Morgan fingerprint density at radius 2 is 1.53 bits per heavy atom. The lowest BCUT2D eigenvalue weighted by molar-refractivity contribution is -0.435. The molecule has 0 unspecified atom stereocenters. The molecule has 5 nitrogen and oxygen atoms in total. The number of benzene rings is 2. The highest BCUT2D eigenvalue weighted by atomic mass is 16.5. The first kappa shape index (κ1) is 12.9. The monoisotopic (exact) mass is 256 g/mol. The van der Waals surface area contributed by atoms with E-state index in [0.717, 1.165) is 11.1 Å². The van der Waals surface area contributed by atoms with Gasteiger partial charge < -0.3 is 16.7 Å². The third kappa shape index (κ3) is 2.82. The summed E-state index contributed by atoms with van der Waals surface area (Å²) in [4.78, 5) is 0.604. The molecule has 0 fully saturated rings. The molecule has 0 aromatic heterocycles. The van der Waals surface area contributed by atoms with Crippen LogP contribution in [0.25, 0.3) is 0 Å². The largest absolute Gasteiger partial charge is 0.594 e. The van der Waals surface area contributed by atoms with E-state index in [4.69, 9.17) is 11.5 Å². The summed E-state index contributed by atoms with van der Waals surface area (Å²) in [5.41, 5.74) is 15.3. The van der Waals surface area contributed by atoms with Gasteiger partial charge in [-0.15, -0.1) is 0 Å². The Kier molecular flexibility index (Phi) is 3.37. The summed E-state index contributed by atoms with van der Waals surface area (Å²) in [6.07, 6.45) is 0. The van der Waals surface area contributed by atoms with Crippen molar-refractivity contribution in [2.75, 3.05) is 11.5 Å². The quantitative estimate of drug-likeness (QED) is 0.373. The van der Waals surface area contributed by atoms with E-state index in [2.05, 4.69) is 5.11 Å². The molecule has 0 aliphatic rings. The van der Waals surface area contributed by atoms with Crippen molar-refractivity contribution in [2.45, 2.75) is 13.8 Å². The number of nitrogens with zero attached hydrogens (tertiary/aromatic N) is 2. The molecular weight excluding hydrogens is 240 g/mol. The van der Waals surface area contributed by atoms with Crippen molar-refractivity contribution < 1.29 is 4.86 Å². The van der Waals surface area contributed by atoms with Crippen molar-refractivity contribution in [3.05, 3.63) is 52.7 Å².